The number of hydrogen-bond acceptors (Lipinski definition) is 5. The Morgan fingerprint density at radius 3 is 2.54 bits per heavy atom. The van der Waals surface area contributed by atoms with Gasteiger partial charge in [-0.3, -0.25) is 9.40 Å². The van der Waals surface area contributed by atoms with Crippen LogP contribution in [-0.4, -0.2) is 23.4 Å². The van der Waals surface area contributed by atoms with Crippen LogP contribution in [0, 0.1) is 6.92 Å². The summed E-state index contributed by atoms with van der Waals surface area (Å²) in [5.74, 6) is 0.382. The van der Waals surface area contributed by atoms with Crippen LogP contribution in [0.4, 0.5) is 5.69 Å². The maximum absolute atomic E-state index is 12.6. The van der Waals surface area contributed by atoms with E-state index < -0.39 is 10.0 Å². The van der Waals surface area contributed by atoms with Gasteiger partial charge in [0, 0.05) is 17.8 Å². The van der Waals surface area contributed by atoms with Crippen LogP contribution in [0.5, 0.6) is 0 Å². The molecular weight excluding hydrogens is 328 g/mol. The van der Waals surface area contributed by atoms with Gasteiger partial charge in [-0.1, -0.05) is 35.5 Å². The van der Waals surface area contributed by atoms with Gasteiger partial charge in [-0.05, 0) is 20.8 Å². The molecule has 0 saturated heterocycles. The van der Waals surface area contributed by atoms with Crippen molar-refractivity contribution < 1.29 is 12.9 Å². The standard InChI is InChI=1S/C16H18N4O3S/c1-11(2)20-10-14(9-17-20)24(21,22)19-15-12(3)18-23-16(15)13-7-5-4-6-8-13/h4-11,19H,1-3H3. The molecule has 3 rings (SSSR count). The maximum atomic E-state index is 12.6. The number of anilines is 1. The Balaban J connectivity index is 1.97. The number of hydrogen-bond donors (Lipinski definition) is 1. The number of nitrogens with one attached hydrogen (secondary N) is 1. The molecule has 0 fully saturated rings. The van der Waals surface area contributed by atoms with Crippen LogP contribution in [0.3, 0.4) is 0 Å². The number of rotatable bonds is 5. The van der Waals surface area contributed by atoms with E-state index >= 15 is 0 Å². The van der Waals surface area contributed by atoms with E-state index in [1.54, 1.807) is 11.6 Å². The highest BCUT2D eigenvalue weighted by molar-refractivity contribution is 7.92. The molecule has 2 aromatic heterocycles. The second-order valence-corrected chi connectivity index (χ2v) is 7.38. The number of benzene rings is 1. The smallest absolute Gasteiger partial charge is 0.265 e. The normalized spacial score (nSPS) is 11.8. The summed E-state index contributed by atoms with van der Waals surface area (Å²) in [5, 5.41) is 7.95. The van der Waals surface area contributed by atoms with Crippen LogP contribution in [-0.2, 0) is 10.0 Å². The van der Waals surface area contributed by atoms with E-state index in [9.17, 15) is 8.42 Å². The van der Waals surface area contributed by atoms with E-state index in [0.29, 0.717) is 17.1 Å². The van der Waals surface area contributed by atoms with Crippen molar-refractivity contribution in [3.05, 3.63) is 48.4 Å². The summed E-state index contributed by atoms with van der Waals surface area (Å²) in [5.41, 5.74) is 1.54. The highest BCUT2D eigenvalue weighted by atomic mass is 32.2. The van der Waals surface area contributed by atoms with Crippen molar-refractivity contribution in [1.29, 1.82) is 0 Å². The first kappa shape index (κ1) is 16.3. The second kappa shape index (κ2) is 6.12. The van der Waals surface area contributed by atoms with Gasteiger partial charge in [0.05, 0.1) is 6.20 Å². The van der Waals surface area contributed by atoms with Crippen LogP contribution in [0.15, 0.2) is 52.1 Å². The van der Waals surface area contributed by atoms with E-state index in [1.165, 1.54) is 12.4 Å². The third kappa shape index (κ3) is 3.05. The molecule has 0 radical (unpaired) electrons. The fraction of sp³-hybridized carbons (Fsp3) is 0.250. The molecule has 1 N–H and O–H groups in total. The molecule has 0 spiro atoms. The molecule has 0 atom stereocenters. The molecule has 3 aromatic rings. The fourth-order valence-electron chi connectivity index (χ4n) is 2.21. The average Bonchev–Trinajstić information content (AvgIpc) is 3.17. The van der Waals surface area contributed by atoms with Gasteiger partial charge in [-0.25, -0.2) is 8.42 Å². The van der Waals surface area contributed by atoms with E-state index in [-0.39, 0.29) is 10.9 Å². The van der Waals surface area contributed by atoms with Gasteiger partial charge in [0.15, 0.2) is 5.76 Å². The Labute approximate surface area is 140 Å². The molecule has 0 saturated carbocycles. The second-order valence-electron chi connectivity index (χ2n) is 5.69. The minimum atomic E-state index is -3.78. The van der Waals surface area contributed by atoms with E-state index in [1.807, 2.05) is 44.2 Å². The van der Waals surface area contributed by atoms with Crippen LogP contribution in [0.1, 0.15) is 25.6 Å². The Morgan fingerprint density at radius 2 is 1.92 bits per heavy atom. The summed E-state index contributed by atoms with van der Waals surface area (Å²) in [6, 6.07) is 9.29. The zero-order chi connectivity index (χ0) is 17.3. The largest absolute Gasteiger partial charge is 0.354 e. The lowest BCUT2D eigenvalue weighted by atomic mass is 10.1. The molecule has 0 aliphatic carbocycles. The lowest BCUT2D eigenvalue weighted by Crippen LogP contribution is -2.13. The first-order valence-electron chi connectivity index (χ1n) is 7.47. The summed E-state index contributed by atoms with van der Waals surface area (Å²) in [4.78, 5) is 0.0933. The number of aryl methyl sites for hydroxylation is 1. The fourth-order valence-corrected chi connectivity index (χ4v) is 3.27. The topological polar surface area (TPSA) is 90.0 Å². The Bertz CT molecular complexity index is 943. The van der Waals surface area contributed by atoms with Gasteiger partial charge in [0.2, 0.25) is 0 Å². The zero-order valence-corrected chi connectivity index (χ0v) is 14.4. The first-order chi connectivity index (χ1) is 11.4. The average molecular weight is 346 g/mol. The molecule has 126 valence electrons. The summed E-state index contributed by atoms with van der Waals surface area (Å²) < 4.78 is 34.7. The maximum Gasteiger partial charge on any atom is 0.265 e. The van der Waals surface area contributed by atoms with Gasteiger partial charge in [-0.2, -0.15) is 5.10 Å². The lowest BCUT2D eigenvalue weighted by Gasteiger charge is -2.07. The third-order valence-electron chi connectivity index (χ3n) is 3.55. The van der Waals surface area contributed by atoms with Crippen molar-refractivity contribution in [1.82, 2.24) is 14.9 Å². The van der Waals surface area contributed by atoms with Crippen LogP contribution in [0.25, 0.3) is 11.3 Å². The highest BCUT2D eigenvalue weighted by Gasteiger charge is 2.23. The molecular formula is C16H18N4O3S. The lowest BCUT2D eigenvalue weighted by molar-refractivity contribution is 0.427. The SMILES string of the molecule is Cc1noc(-c2ccccc2)c1NS(=O)(=O)c1cnn(C(C)C)c1. The van der Waals surface area contributed by atoms with Gasteiger partial charge >= 0.3 is 0 Å². The van der Waals surface area contributed by atoms with Gasteiger partial charge < -0.3 is 4.52 Å². The van der Waals surface area contributed by atoms with Crippen LogP contribution < -0.4 is 4.72 Å². The van der Waals surface area contributed by atoms with Crippen molar-refractivity contribution >= 4 is 15.7 Å². The monoisotopic (exact) mass is 346 g/mol. The van der Waals surface area contributed by atoms with Gasteiger partial charge in [0.25, 0.3) is 10.0 Å². The minimum absolute atomic E-state index is 0.0751. The van der Waals surface area contributed by atoms with Gasteiger partial charge in [-0.15, -0.1) is 0 Å². The summed E-state index contributed by atoms with van der Waals surface area (Å²) in [6.07, 6.45) is 2.82. The van der Waals surface area contributed by atoms with E-state index in [2.05, 4.69) is 15.0 Å². The number of nitrogens with zero attached hydrogens (tertiary/aromatic N) is 3. The van der Waals surface area contributed by atoms with Crippen molar-refractivity contribution in [3.8, 4) is 11.3 Å². The molecule has 0 bridgehead atoms. The number of sulfonamides is 1. The van der Waals surface area contributed by atoms with Crippen molar-refractivity contribution in [2.45, 2.75) is 31.7 Å². The molecule has 8 heteroatoms. The van der Waals surface area contributed by atoms with E-state index in [4.69, 9.17) is 4.52 Å². The first-order valence-corrected chi connectivity index (χ1v) is 8.95. The molecule has 0 aliphatic heterocycles. The predicted octanol–water partition coefficient (Wildman–Crippen LogP) is 3.23. The van der Waals surface area contributed by atoms with E-state index in [0.717, 1.165) is 5.56 Å². The van der Waals surface area contributed by atoms with Crippen LogP contribution >= 0.6 is 0 Å². The molecule has 24 heavy (non-hydrogen) atoms. The molecule has 0 unspecified atom stereocenters. The van der Waals surface area contributed by atoms with Crippen molar-refractivity contribution in [2.75, 3.05) is 4.72 Å². The number of aromatic nitrogens is 3. The third-order valence-corrected chi connectivity index (χ3v) is 4.86. The summed E-state index contributed by atoms with van der Waals surface area (Å²) in [7, 11) is -3.78. The molecule has 2 heterocycles. The quantitative estimate of drug-likeness (QED) is 0.766. The summed E-state index contributed by atoms with van der Waals surface area (Å²) in [6.45, 7) is 5.54. The zero-order valence-electron chi connectivity index (χ0n) is 13.6. The van der Waals surface area contributed by atoms with Crippen molar-refractivity contribution in [2.24, 2.45) is 0 Å². The Hall–Kier alpha value is -2.61. The molecule has 7 nitrogen and oxygen atoms in total. The highest BCUT2D eigenvalue weighted by Crippen LogP contribution is 2.32. The molecule has 0 amide bonds. The van der Waals surface area contributed by atoms with Gasteiger partial charge in [0.1, 0.15) is 16.3 Å². The Kier molecular flexibility index (Phi) is 4.15. The van der Waals surface area contributed by atoms with Crippen LogP contribution in [0.2, 0.25) is 0 Å². The molecule has 1 aromatic carbocycles. The minimum Gasteiger partial charge on any atom is -0.354 e. The predicted molar refractivity (Wildman–Crippen MR) is 90.1 cm³/mol. The molecule has 0 aliphatic rings. The van der Waals surface area contributed by atoms with Crippen molar-refractivity contribution in [3.63, 3.8) is 0 Å². The summed E-state index contributed by atoms with van der Waals surface area (Å²) >= 11 is 0. The Morgan fingerprint density at radius 1 is 1.21 bits per heavy atom.